The lowest BCUT2D eigenvalue weighted by molar-refractivity contribution is -0.121. The number of hydrogen-bond donors (Lipinski definition) is 2. The van der Waals surface area contributed by atoms with Crippen molar-refractivity contribution in [3.05, 3.63) is 34.1 Å². The van der Waals surface area contributed by atoms with Crippen LogP contribution in [0.2, 0.25) is 0 Å². The normalized spacial score (nSPS) is 10.2. The van der Waals surface area contributed by atoms with Crippen LogP contribution >= 0.6 is 15.9 Å². The quantitative estimate of drug-likeness (QED) is 0.378. The van der Waals surface area contributed by atoms with Gasteiger partial charge in [-0.1, -0.05) is 15.9 Å². The van der Waals surface area contributed by atoms with E-state index in [4.69, 9.17) is 5.84 Å². The molecule has 0 saturated carbocycles. The molecule has 0 atom stereocenters. The minimum absolute atomic E-state index is 0.185. The van der Waals surface area contributed by atoms with Crippen molar-refractivity contribution in [3.8, 4) is 0 Å². The molecule has 0 heterocycles. The summed E-state index contributed by atoms with van der Waals surface area (Å²) in [6.45, 7) is 0. The van der Waals surface area contributed by atoms with Gasteiger partial charge in [0, 0.05) is 10.9 Å². The van der Waals surface area contributed by atoms with Crippen LogP contribution in [0.3, 0.4) is 0 Å². The zero-order chi connectivity index (χ0) is 12.0. The molecule has 1 aromatic carbocycles. The average Bonchev–Trinajstić information content (AvgIpc) is 2.28. The van der Waals surface area contributed by atoms with Gasteiger partial charge >= 0.3 is 0 Å². The fourth-order valence-corrected chi connectivity index (χ4v) is 1.82. The summed E-state index contributed by atoms with van der Waals surface area (Å²) >= 11 is 3.29. The summed E-state index contributed by atoms with van der Waals surface area (Å²) in [5.41, 5.74) is 2.73. The van der Waals surface area contributed by atoms with Crippen molar-refractivity contribution in [2.24, 2.45) is 5.84 Å². The number of amides is 1. The van der Waals surface area contributed by atoms with E-state index in [0.29, 0.717) is 24.8 Å². The highest BCUT2D eigenvalue weighted by atomic mass is 79.9. The van der Waals surface area contributed by atoms with Crippen molar-refractivity contribution < 1.29 is 9.18 Å². The van der Waals surface area contributed by atoms with Crippen molar-refractivity contribution >= 4 is 21.8 Å². The van der Waals surface area contributed by atoms with Crippen LogP contribution in [0.15, 0.2) is 22.7 Å². The van der Waals surface area contributed by atoms with Crippen molar-refractivity contribution in [1.29, 1.82) is 0 Å². The first-order chi connectivity index (χ1) is 7.63. The minimum atomic E-state index is -0.202. The van der Waals surface area contributed by atoms with Gasteiger partial charge in [-0.05, 0) is 43.0 Å². The Labute approximate surface area is 102 Å². The molecule has 0 aromatic heterocycles. The molecule has 3 N–H and O–H groups in total. The molecule has 5 heteroatoms. The minimum Gasteiger partial charge on any atom is -0.294 e. The molecule has 1 rings (SSSR count). The molecule has 0 aliphatic rings. The van der Waals surface area contributed by atoms with E-state index < -0.39 is 0 Å². The zero-order valence-electron chi connectivity index (χ0n) is 8.80. The highest BCUT2D eigenvalue weighted by Gasteiger charge is 2.03. The van der Waals surface area contributed by atoms with Crippen LogP contribution in [-0.2, 0) is 11.2 Å². The lowest BCUT2D eigenvalue weighted by atomic mass is 10.1. The van der Waals surface area contributed by atoms with Crippen LogP contribution < -0.4 is 11.3 Å². The molecule has 0 fully saturated rings. The van der Waals surface area contributed by atoms with Gasteiger partial charge in [0.15, 0.2) is 0 Å². The van der Waals surface area contributed by atoms with E-state index in [1.165, 1.54) is 6.07 Å². The molecule has 0 saturated heterocycles. The second-order valence-electron chi connectivity index (χ2n) is 3.51. The highest BCUT2D eigenvalue weighted by molar-refractivity contribution is 9.10. The number of nitrogens with one attached hydrogen (secondary N) is 1. The summed E-state index contributed by atoms with van der Waals surface area (Å²) in [7, 11) is 0. The first-order valence-corrected chi connectivity index (χ1v) is 5.86. The van der Waals surface area contributed by atoms with Gasteiger partial charge in [0.25, 0.3) is 0 Å². The standard InChI is InChI=1S/C11H14BrFN2O/c12-9-5-6-10(13)8(7-9)3-1-2-4-11(16)15-14/h5-7H,1-4,14H2,(H,15,16). The summed E-state index contributed by atoms with van der Waals surface area (Å²) in [6.07, 6.45) is 2.48. The van der Waals surface area contributed by atoms with Crippen LogP contribution in [0.25, 0.3) is 0 Å². The fourth-order valence-electron chi connectivity index (χ4n) is 1.41. The fraction of sp³-hybridized carbons (Fsp3) is 0.364. The third kappa shape index (κ3) is 4.28. The largest absolute Gasteiger partial charge is 0.294 e. The van der Waals surface area contributed by atoms with Crippen molar-refractivity contribution in [1.82, 2.24) is 5.43 Å². The van der Waals surface area contributed by atoms with E-state index in [2.05, 4.69) is 21.4 Å². The SMILES string of the molecule is NNC(=O)CCCCc1cc(Br)ccc1F. The summed E-state index contributed by atoms with van der Waals surface area (Å²) in [6, 6.07) is 4.87. The number of benzene rings is 1. The van der Waals surface area contributed by atoms with E-state index >= 15 is 0 Å². The second-order valence-corrected chi connectivity index (χ2v) is 4.43. The molecule has 0 aliphatic carbocycles. The van der Waals surface area contributed by atoms with Crippen LogP contribution in [0.5, 0.6) is 0 Å². The van der Waals surface area contributed by atoms with Crippen molar-refractivity contribution in [2.45, 2.75) is 25.7 Å². The third-order valence-electron chi connectivity index (χ3n) is 2.27. The van der Waals surface area contributed by atoms with Gasteiger partial charge in [0.1, 0.15) is 5.82 Å². The van der Waals surface area contributed by atoms with Gasteiger partial charge in [0.2, 0.25) is 5.91 Å². The molecular formula is C11H14BrFN2O. The Bertz CT molecular complexity index is 371. The maximum atomic E-state index is 13.3. The van der Waals surface area contributed by atoms with Gasteiger partial charge in [-0.15, -0.1) is 0 Å². The van der Waals surface area contributed by atoms with Crippen LogP contribution in [-0.4, -0.2) is 5.91 Å². The topological polar surface area (TPSA) is 55.1 Å². The van der Waals surface area contributed by atoms with E-state index in [-0.39, 0.29) is 11.7 Å². The lowest BCUT2D eigenvalue weighted by Crippen LogP contribution is -2.29. The predicted octanol–water partition coefficient (Wildman–Crippen LogP) is 2.29. The number of carbonyl (C=O) groups is 1. The van der Waals surface area contributed by atoms with E-state index in [0.717, 1.165) is 10.9 Å². The van der Waals surface area contributed by atoms with Crippen LogP contribution in [0, 0.1) is 5.82 Å². The van der Waals surface area contributed by atoms with Gasteiger partial charge in [0.05, 0.1) is 0 Å². The van der Waals surface area contributed by atoms with Crippen molar-refractivity contribution in [2.75, 3.05) is 0 Å². The molecular weight excluding hydrogens is 275 g/mol. The number of carbonyl (C=O) groups excluding carboxylic acids is 1. The first kappa shape index (κ1) is 13.1. The van der Waals surface area contributed by atoms with Gasteiger partial charge in [-0.2, -0.15) is 0 Å². The van der Waals surface area contributed by atoms with Crippen molar-refractivity contribution in [3.63, 3.8) is 0 Å². The number of hydrazine groups is 1. The summed E-state index contributed by atoms with van der Waals surface area (Å²) in [4.78, 5) is 10.8. The lowest BCUT2D eigenvalue weighted by Gasteiger charge is -2.04. The Morgan fingerprint density at radius 2 is 2.19 bits per heavy atom. The van der Waals surface area contributed by atoms with E-state index in [1.807, 2.05) is 0 Å². The molecule has 0 spiro atoms. The second kappa shape index (κ2) is 6.60. The van der Waals surface area contributed by atoms with Gasteiger partial charge in [-0.25, -0.2) is 10.2 Å². The Hall–Kier alpha value is -0.940. The van der Waals surface area contributed by atoms with E-state index in [9.17, 15) is 9.18 Å². The maximum absolute atomic E-state index is 13.3. The molecule has 0 radical (unpaired) electrons. The molecule has 3 nitrogen and oxygen atoms in total. The molecule has 1 aromatic rings. The molecule has 16 heavy (non-hydrogen) atoms. The molecule has 0 unspecified atom stereocenters. The Morgan fingerprint density at radius 1 is 1.44 bits per heavy atom. The number of halogens is 2. The number of nitrogens with two attached hydrogens (primary N) is 1. The smallest absolute Gasteiger partial charge is 0.233 e. The maximum Gasteiger partial charge on any atom is 0.233 e. The Balaban J connectivity index is 2.37. The Morgan fingerprint density at radius 3 is 2.88 bits per heavy atom. The predicted molar refractivity (Wildman–Crippen MR) is 64.0 cm³/mol. The number of hydrogen-bond acceptors (Lipinski definition) is 2. The first-order valence-electron chi connectivity index (χ1n) is 5.07. The van der Waals surface area contributed by atoms with Crippen LogP contribution in [0.1, 0.15) is 24.8 Å². The third-order valence-corrected chi connectivity index (χ3v) is 2.76. The monoisotopic (exact) mass is 288 g/mol. The van der Waals surface area contributed by atoms with Gasteiger partial charge in [-0.3, -0.25) is 10.2 Å². The van der Waals surface area contributed by atoms with Gasteiger partial charge < -0.3 is 0 Å². The zero-order valence-corrected chi connectivity index (χ0v) is 10.4. The molecule has 0 bridgehead atoms. The summed E-state index contributed by atoms with van der Waals surface area (Å²) in [5, 5.41) is 0. The molecule has 0 aliphatic heterocycles. The summed E-state index contributed by atoms with van der Waals surface area (Å²) in [5.74, 6) is 4.56. The summed E-state index contributed by atoms with van der Waals surface area (Å²) < 4.78 is 14.2. The highest BCUT2D eigenvalue weighted by Crippen LogP contribution is 2.17. The Kier molecular flexibility index (Phi) is 5.42. The number of rotatable bonds is 5. The van der Waals surface area contributed by atoms with Crippen LogP contribution in [0.4, 0.5) is 4.39 Å². The molecule has 88 valence electrons. The van der Waals surface area contributed by atoms with E-state index in [1.54, 1.807) is 12.1 Å². The molecule has 1 amide bonds. The number of aryl methyl sites for hydroxylation is 1. The number of unbranched alkanes of at least 4 members (excludes halogenated alkanes) is 1. The average molecular weight is 289 g/mol.